The first-order valence-corrected chi connectivity index (χ1v) is 13.4. The van der Waals surface area contributed by atoms with Gasteiger partial charge in [-0.2, -0.15) is 11.3 Å². The van der Waals surface area contributed by atoms with Crippen LogP contribution in [0.1, 0.15) is 40.3 Å². The number of hydrogen-bond donors (Lipinski definition) is 4. The Morgan fingerprint density at radius 3 is 2.73 bits per heavy atom. The van der Waals surface area contributed by atoms with E-state index in [4.69, 9.17) is 10.7 Å². The summed E-state index contributed by atoms with van der Waals surface area (Å²) in [7, 11) is 0. The third kappa shape index (κ3) is 5.06. The third-order valence-corrected chi connectivity index (χ3v) is 7.51. The average molecular weight is 535 g/mol. The molecule has 0 aliphatic rings. The lowest BCUT2D eigenvalue weighted by atomic mass is 9.95. The van der Waals surface area contributed by atoms with Crippen molar-refractivity contribution < 1.29 is 14.7 Å². The van der Waals surface area contributed by atoms with E-state index in [1.807, 2.05) is 48.9 Å². The van der Waals surface area contributed by atoms with Crippen LogP contribution in [0, 0.1) is 5.41 Å². The van der Waals surface area contributed by atoms with Crippen molar-refractivity contribution in [1.29, 1.82) is 0 Å². The zero-order chi connectivity index (χ0) is 26.2. The highest BCUT2D eigenvalue weighted by Crippen LogP contribution is 2.28. The number of carbonyl (C=O) groups excluding carboxylic acids is 2. The molecule has 0 unspecified atom stereocenters. The standard InChI is InChI=1S/C26H26N6O3S2/c1-26(2,14-33)13-29-24(35)21-20(16-7-9-36-12-16)31-22-17(4-3-8-32(21)22)23(34)28-11-15-5-6-18-19(10-15)37-25(27)30-18/h3-10,12,33H,11,13-14H2,1-2H3,(H2,27,30)(H,28,34)(H,29,35). The summed E-state index contributed by atoms with van der Waals surface area (Å²) in [4.78, 5) is 35.6. The molecule has 0 bridgehead atoms. The van der Waals surface area contributed by atoms with Crippen LogP contribution in [0.5, 0.6) is 0 Å². The number of thiophene rings is 1. The van der Waals surface area contributed by atoms with Gasteiger partial charge in [0.05, 0.1) is 15.8 Å². The fourth-order valence-electron chi connectivity index (χ4n) is 3.90. The van der Waals surface area contributed by atoms with Crippen LogP contribution in [-0.2, 0) is 6.54 Å². The highest BCUT2D eigenvalue weighted by Gasteiger charge is 2.26. The zero-order valence-electron chi connectivity index (χ0n) is 20.3. The van der Waals surface area contributed by atoms with Gasteiger partial charge in [-0.25, -0.2) is 9.97 Å². The molecule has 2 amide bonds. The van der Waals surface area contributed by atoms with Gasteiger partial charge in [0.15, 0.2) is 10.8 Å². The van der Waals surface area contributed by atoms with E-state index in [0.717, 1.165) is 21.3 Å². The van der Waals surface area contributed by atoms with E-state index in [-0.39, 0.29) is 25.0 Å². The van der Waals surface area contributed by atoms with E-state index in [9.17, 15) is 14.7 Å². The number of imidazole rings is 1. The van der Waals surface area contributed by atoms with E-state index in [2.05, 4.69) is 15.6 Å². The molecule has 4 heterocycles. The average Bonchev–Trinajstić information content (AvgIpc) is 3.62. The van der Waals surface area contributed by atoms with Crippen molar-refractivity contribution in [2.45, 2.75) is 20.4 Å². The first-order chi connectivity index (χ1) is 17.8. The molecule has 0 radical (unpaired) electrons. The quantitative estimate of drug-likeness (QED) is 0.238. The second-order valence-corrected chi connectivity index (χ2v) is 11.3. The molecule has 0 fully saturated rings. The minimum absolute atomic E-state index is 0.0640. The Bertz CT molecular complexity index is 1600. The number of pyridine rings is 1. The summed E-state index contributed by atoms with van der Waals surface area (Å²) < 4.78 is 2.61. The largest absolute Gasteiger partial charge is 0.396 e. The van der Waals surface area contributed by atoms with E-state index < -0.39 is 5.41 Å². The number of amides is 2. The number of nitrogens with one attached hydrogen (secondary N) is 2. The smallest absolute Gasteiger partial charge is 0.270 e. The molecule has 5 N–H and O–H groups in total. The lowest BCUT2D eigenvalue weighted by Crippen LogP contribution is -2.36. The number of hydrogen-bond acceptors (Lipinski definition) is 8. The van der Waals surface area contributed by atoms with Crippen LogP contribution >= 0.6 is 22.7 Å². The SMILES string of the molecule is CC(C)(CO)CNC(=O)c1c(-c2ccsc2)nc2c(C(=O)NCc3ccc4nc(N)sc4c3)cccn12. The van der Waals surface area contributed by atoms with Crippen molar-refractivity contribution in [3.63, 3.8) is 0 Å². The third-order valence-electron chi connectivity index (χ3n) is 5.98. The number of carbonyl (C=O) groups is 2. The molecular formula is C26H26N6O3S2. The summed E-state index contributed by atoms with van der Waals surface area (Å²) in [5.41, 5.74) is 9.45. The molecule has 4 aromatic heterocycles. The van der Waals surface area contributed by atoms with Gasteiger partial charge < -0.3 is 21.5 Å². The van der Waals surface area contributed by atoms with Crippen molar-refractivity contribution in [1.82, 2.24) is 25.0 Å². The van der Waals surface area contributed by atoms with Crippen molar-refractivity contribution >= 4 is 55.5 Å². The second kappa shape index (κ2) is 9.92. The number of aromatic nitrogens is 3. The summed E-state index contributed by atoms with van der Waals surface area (Å²) in [6.07, 6.45) is 1.73. The van der Waals surface area contributed by atoms with Gasteiger partial charge in [0, 0.05) is 42.3 Å². The highest BCUT2D eigenvalue weighted by molar-refractivity contribution is 7.22. The first-order valence-electron chi connectivity index (χ1n) is 11.6. The molecule has 0 saturated heterocycles. The lowest BCUT2D eigenvalue weighted by molar-refractivity contribution is 0.0903. The lowest BCUT2D eigenvalue weighted by Gasteiger charge is -2.21. The fraction of sp³-hybridized carbons (Fsp3) is 0.231. The fourth-order valence-corrected chi connectivity index (χ4v) is 5.33. The van der Waals surface area contributed by atoms with Gasteiger partial charge in [-0.3, -0.25) is 14.0 Å². The van der Waals surface area contributed by atoms with Crippen molar-refractivity contribution in [2.24, 2.45) is 5.41 Å². The first kappa shape index (κ1) is 24.9. The van der Waals surface area contributed by atoms with Gasteiger partial charge in [0.1, 0.15) is 11.4 Å². The van der Waals surface area contributed by atoms with Crippen LogP contribution in [0.15, 0.2) is 53.4 Å². The molecule has 0 aliphatic heterocycles. The van der Waals surface area contributed by atoms with Crippen LogP contribution in [0.25, 0.3) is 27.1 Å². The number of nitrogen functional groups attached to an aromatic ring is 1. The normalized spacial score (nSPS) is 11.8. The summed E-state index contributed by atoms with van der Waals surface area (Å²) in [6.45, 7) is 4.27. The Labute approximate surface area is 221 Å². The van der Waals surface area contributed by atoms with E-state index in [1.165, 1.54) is 22.7 Å². The van der Waals surface area contributed by atoms with Crippen molar-refractivity contribution in [3.05, 3.63) is 70.2 Å². The molecular weight excluding hydrogens is 508 g/mol. The van der Waals surface area contributed by atoms with Gasteiger partial charge in [0.25, 0.3) is 11.8 Å². The van der Waals surface area contributed by atoms with Gasteiger partial charge in [-0.15, -0.1) is 0 Å². The van der Waals surface area contributed by atoms with Crippen LogP contribution in [0.4, 0.5) is 5.13 Å². The van der Waals surface area contributed by atoms with Gasteiger partial charge in [-0.1, -0.05) is 31.3 Å². The number of thiazole rings is 1. The maximum absolute atomic E-state index is 13.3. The minimum Gasteiger partial charge on any atom is -0.396 e. The molecule has 0 atom stereocenters. The monoisotopic (exact) mass is 534 g/mol. The topological polar surface area (TPSA) is 135 Å². The molecule has 0 aliphatic carbocycles. The molecule has 11 heteroatoms. The second-order valence-electron chi connectivity index (χ2n) is 9.48. The number of rotatable bonds is 8. The molecule has 5 aromatic rings. The molecule has 9 nitrogen and oxygen atoms in total. The Hall–Kier alpha value is -3.80. The summed E-state index contributed by atoms with van der Waals surface area (Å²) in [5, 5.41) is 19.8. The predicted octanol–water partition coefficient (Wildman–Crippen LogP) is 3.93. The van der Waals surface area contributed by atoms with E-state index >= 15 is 0 Å². The van der Waals surface area contributed by atoms with Crippen LogP contribution in [-0.4, -0.2) is 44.4 Å². The Kier molecular flexibility index (Phi) is 6.67. The molecule has 0 saturated carbocycles. The number of aliphatic hydroxyl groups excluding tert-OH is 1. The Morgan fingerprint density at radius 1 is 1.14 bits per heavy atom. The van der Waals surface area contributed by atoms with Crippen molar-refractivity contribution in [2.75, 3.05) is 18.9 Å². The number of fused-ring (bicyclic) bond motifs is 2. The number of aliphatic hydroxyl groups is 1. The van der Waals surface area contributed by atoms with Gasteiger partial charge in [0.2, 0.25) is 0 Å². The molecule has 5 rings (SSSR count). The number of anilines is 1. The van der Waals surface area contributed by atoms with E-state index in [0.29, 0.717) is 34.3 Å². The maximum atomic E-state index is 13.3. The maximum Gasteiger partial charge on any atom is 0.270 e. The summed E-state index contributed by atoms with van der Waals surface area (Å²) in [6, 6.07) is 11.1. The number of nitrogens with zero attached hydrogens (tertiary/aromatic N) is 3. The van der Waals surface area contributed by atoms with Crippen LogP contribution in [0.2, 0.25) is 0 Å². The van der Waals surface area contributed by atoms with E-state index in [1.54, 1.807) is 22.7 Å². The highest BCUT2D eigenvalue weighted by atomic mass is 32.1. The van der Waals surface area contributed by atoms with Gasteiger partial charge >= 0.3 is 0 Å². The summed E-state index contributed by atoms with van der Waals surface area (Å²) >= 11 is 2.90. The molecule has 0 spiro atoms. The predicted molar refractivity (Wildman–Crippen MR) is 147 cm³/mol. The van der Waals surface area contributed by atoms with Crippen molar-refractivity contribution in [3.8, 4) is 11.3 Å². The molecule has 37 heavy (non-hydrogen) atoms. The number of benzene rings is 1. The minimum atomic E-state index is -0.475. The zero-order valence-corrected chi connectivity index (χ0v) is 21.9. The van der Waals surface area contributed by atoms with Gasteiger partial charge in [-0.05, 0) is 41.3 Å². The number of nitrogens with two attached hydrogens (primary N) is 1. The molecule has 190 valence electrons. The van der Waals surface area contributed by atoms with Crippen LogP contribution in [0.3, 0.4) is 0 Å². The molecule has 1 aromatic carbocycles. The Balaban J connectivity index is 1.46. The van der Waals surface area contributed by atoms with Crippen LogP contribution < -0.4 is 16.4 Å². The Morgan fingerprint density at radius 2 is 1.97 bits per heavy atom. The summed E-state index contributed by atoms with van der Waals surface area (Å²) in [5.74, 6) is -0.630.